The Labute approximate surface area is 168 Å². The fraction of sp³-hybridized carbons (Fsp3) is 0.333. The average molecular weight is 433 g/mol. The summed E-state index contributed by atoms with van der Waals surface area (Å²) in [5, 5.41) is 2.86. The Morgan fingerprint density at radius 1 is 1.04 bits per heavy atom. The first-order valence-corrected chi connectivity index (χ1v) is 9.68. The van der Waals surface area contributed by atoms with E-state index in [2.05, 4.69) is 21.2 Å². The van der Waals surface area contributed by atoms with Crippen LogP contribution >= 0.6 is 15.9 Å². The van der Waals surface area contributed by atoms with Crippen LogP contribution in [0.2, 0.25) is 0 Å². The predicted molar refractivity (Wildman–Crippen MR) is 109 cm³/mol. The van der Waals surface area contributed by atoms with Gasteiger partial charge in [0.1, 0.15) is 11.8 Å². The first-order valence-electron chi connectivity index (χ1n) is 8.89. The quantitative estimate of drug-likeness (QED) is 0.690. The van der Waals surface area contributed by atoms with Crippen LogP contribution < -0.4 is 10.1 Å². The summed E-state index contributed by atoms with van der Waals surface area (Å²) in [5.74, 6) is 0.177. The van der Waals surface area contributed by atoms with Crippen molar-refractivity contribution in [1.82, 2.24) is 10.2 Å². The maximum atomic E-state index is 12.8. The van der Waals surface area contributed by atoms with Gasteiger partial charge < -0.3 is 15.0 Å². The standard InChI is InChI=1S/C21H25BrN2O3/c1-15(2)23-21(26)16(3)24(13-17-7-5-4-6-8-17)20(25)14-27-19-11-9-18(22)10-12-19/h4-12,15-16H,13-14H2,1-3H3,(H,23,26)/t16-/m1/s1. The molecule has 0 fully saturated rings. The van der Waals surface area contributed by atoms with Crippen molar-refractivity contribution in [2.75, 3.05) is 6.61 Å². The van der Waals surface area contributed by atoms with E-state index in [0.717, 1.165) is 10.0 Å². The lowest BCUT2D eigenvalue weighted by Gasteiger charge is -2.29. The molecule has 2 aromatic rings. The van der Waals surface area contributed by atoms with Gasteiger partial charge in [-0.05, 0) is 50.6 Å². The number of benzene rings is 2. The van der Waals surface area contributed by atoms with Crippen molar-refractivity contribution < 1.29 is 14.3 Å². The van der Waals surface area contributed by atoms with E-state index in [-0.39, 0.29) is 24.5 Å². The second kappa shape index (κ2) is 10.1. The van der Waals surface area contributed by atoms with Crippen molar-refractivity contribution in [2.45, 2.75) is 39.4 Å². The maximum absolute atomic E-state index is 12.8. The summed E-state index contributed by atoms with van der Waals surface area (Å²) in [7, 11) is 0. The molecule has 5 nitrogen and oxygen atoms in total. The zero-order valence-electron chi connectivity index (χ0n) is 15.8. The molecular weight excluding hydrogens is 408 g/mol. The molecule has 0 radical (unpaired) electrons. The van der Waals surface area contributed by atoms with Crippen molar-refractivity contribution in [1.29, 1.82) is 0 Å². The first kappa shape index (κ1) is 21.0. The van der Waals surface area contributed by atoms with Gasteiger partial charge in [0.15, 0.2) is 6.61 Å². The van der Waals surface area contributed by atoms with E-state index >= 15 is 0 Å². The Balaban J connectivity index is 2.10. The van der Waals surface area contributed by atoms with Gasteiger partial charge in [-0.25, -0.2) is 0 Å². The molecule has 0 unspecified atom stereocenters. The molecule has 0 spiro atoms. The second-order valence-electron chi connectivity index (χ2n) is 6.59. The highest BCUT2D eigenvalue weighted by atomic mass is 79.9. The summed E-state index contributed by atoms with van der Waals surface area (Å²) >= 11 is 3.37. The van der Waals surface area contributed by atoms with Gasteiger partial charge in [-0.1, -0.05) is 46.3 Å². The van der Waals surface area contributed by atoms with E-state index in [1.54, 1.807) is 24.0 Å². The lowest BCUT2D eigenvalue weighted by molar-refractivity contribution is -0.142. The van der Waals surface area contributed by atoms with Crippen molar-refractivity contribution in [3.05, 3.63) is 64.6 Å². The normalized spacial score (nSPS) is 11.7. The van der Waals surface area contributed by atoms with Crippen LogP contribution in [0.5, 0.6) is 5.75 Å². The number of rotatable bonds is 8. The SMILES string of the molecule is CC(C)NC(=O)[C@@H](C)N(Cc1ccccc1)C(=O)COc1ccc(Br)cc1. The zero-order valence-corrected chi connectivity index (χ0v) is 17.4. The van der Waals surface area contributed by atoms with Gasteiger partial charge in [0.05, 0.1) is 0 Å². The van der Waals surface area contributed by atoms with Crippen LogP contribution in [0.3, 0.4) is 0 Å². The fourth-order valence-electron chi connectivity index (χ4n) is 2.53. The molecule has 0 saturated carbocycles. The number of nitrogens with zero attached hydrogens (tertiary/aromatic N) is 1. The van der Waals surface area contributed by atoms with Gasteiger partial charge in [0.2, 0.25) is 5.91 Å². The minimum Gasteiger partial charge on any atom is -0.484 e. The monoisotopic (exact) mass is 432 g/mol. The van der Waals surface area contributed by atoms with Gasteiger partial charge in [-0.15, -0.1) is 0 Å². The van der Waals surface area contributed by atoms with E-state index in [1.807, 2.05) is 56.3 Å². The maximum Gasteiger partial charge on any atom is 0.261 e. The minimum atomic E-state index is -0.603. The molecular formula is C21H25BrN2O3. The number of carbonyl (C=O) groups is 2. The third-order valence-electron chi connectivity index (χ3n) is 3.97. The first-order chi connectivity index (χ1) is 12.9. The molecule has 6 heteroatoms. The van der Waals surface area contributed by atoms with Crippen LogP contribution in [-0.2, 0) is 16.1 Å². The Morgan fingerprint density at radius 2 is 1.67 bits per heavy atom. The summed E-state index contributed by atoms with van der Waals surface area (Å²) in [6.45, 7) is 5.73. The highest BCUT2D eigenvalue weighted by Gasteiger charge is 2.26. The number of carbonyl (C=O) groups excluding carboxylic acids is 2. The zero-order chi connectivity index (χ0) is 19.8. The summed E-state index contributed by atoms with van der Waals surface area (Å²) in [4.78, 5) is 26.8. The average Bonchev–Trinajstić information content (AvgIpc) is 2.65. The highest BCUT2D eigenvalue weighted by molar-refractivity contribution is 9.10. The molecule has 0 aliphatic carbocycles. The topological polar surface area (TPSA) is 58.6 Å². The van der Waals surface area contributed by atoms with Crippen molar-refractivity contribution in [3.8, 4) is 5.75 Å². The Morgan fingerprint density at radius 3 is 2.26 bits per heavy atom. The second-order valence-corrected chi connectivity index (χ2v) is 7.50. The number of amides is 2. The van der Waals surface area contributed by atoms with Crippen LogP contribution in [0.4, 0.5) is 0 Å². The van der Waals surface area contributed by atoms with Gasteiger partial charge >= 0.3 is 0 Å². The van der Waals surface area contributed by atoms with Gasteiger partial charge in [0, 0.05) is 17.1 Å². The molecule has 0 aromatic heterocycles. The molecule has 0 bridgehead atoms. The van der Waals surface area contributed by atoms with Crippen LogP contribution in [0.1, 0.15) is 26.3 Å². The minimum absolute atomic E-state index is 0.00708. The number of halogens is 1. The number of nitrogens with one attached hydrogen (secondary N) is 1. The third kappa shape index (κ3) is 6.71. The molecule has 0 aliphatic rings. The highest BCUT2D eigenvalue weighted by Crippen LogP contribution is 2.17. The molecule has 0 heterocycles. The predicted octanol–water partition coefficient (Wildman–Crippen LogP) is 3.77. The summed E-state index contributed by atoms with van der Waals surface area (Å²) < 4.78 is 6.54. The number of ether oxygens (including phenoxy) is 1. The number of hydrogen-bond acceptors (Lipinski definition) is 3. The van der Waals surface area contributed by atoms with Crippen LogP contribution in [0, 0.1) is 0 Å². The molecule has 2 amide bonds. The summed E-state index contributed by atoms with van der Waals surface area (Å²) in [5.41, 5.74) is 0.957. The van der Waals surface area contributed by atoms with Crippen molar-refractivity contribution in [2.24, 2.45) is 0 Å². The molecule has 144 valence electrons. The Kier molecular flexibility index (Phi) is 7.85. The lowest BCUT2D eigenvalue weighted by Crippen LogP contribution is -2.50. The van der Waals surface area contributed by atoms with Crippen LogP contribution in [0.25, 0.3) is 0 Å². The molecule has 2 rings (SSSR count). The molecule has 27 heavy (non-hydrogen) atoms. The van der Waals surface area contributed by atoms with Crippen molar-refractivity contribution in [3.63, 3.8) is 0 Å². The van der Waals surface area contributed by atoms with Crippen LogP contribution in [-0.4, -0.2) is 35.4 Å². The van der Waals surface area contributed by atoms with Crippen molar-refractivity contribution >= 4 is 27.7 Å². The van der Waals surface area contributed by atoms with E-state index in [9.17, 15) is 9.59 Å². The molecule has 0 aliphatic heterocycles. The number of hydrogen-bond donors (Lipinski definition) is 1. The Bertz CT molecular complexity index is 748. The smallest absolute Gasteiger partial charge is 0.261 e. The Hall–Kier alpha value is -2.34. The fourth-order valence-corrected chi connectivity index (χ4v) is 2.79. The summed E-state index contributed by atoms with van der Waals surface area (Å²) in [6.07, 6.45) is 0. The van der Waals surface area contributed by atoms with Gasteiger partial charge in [-0.2, -0.15) is 0 Å². The largest absolute Gasteiger partial charge is 0.484 e. The molecule has 0 saturated heterocycles. The van der Waals surface area contributed by atoms with E-state index in [4.69, 9.17) is 4.74 Å². The molecule has 1 N–H and O–H groups in total. The third-order valence-corrected chi connectivity index (χ3v) is 4.50. The molecule has 1 atom stereocenters. The lowest BCUT2D eigenvalue weighted by atomic mass is 10.1. The summed E-state index contributed by atoms with van der Waals surface area (Å²) in [6, 6.07) is 16.3. The van der Waals surface area contributed by atoms with E-state index in [0.29, 0.717) is 12.3 Å². The van der Waals surface area contributed by atoms with E-state index < -0.39 is 6.04 Å². The van der Waals surface area contributed by atoms with Gasteiger partial charge in [-0.3, -0.25) is 9.59 Å². The van der Waals surface area contributed by atoms with Crippen LogP contribution in [0.15, 0.2) is 59.1 Å². The van der Waals surface area contributed by atoms with Gasteiger partial charge in [0.25, 0.3) is 5.91 Å². The molecule has 2 aromatic carbocycles. The van der Waals surface area contributed by atoms with E-state index in [1.165, 1.54) is 0 Å².